The Morgan fingerprint density at radius 2 is 1.78 bits per heavy atom. The largest absolute Gasteiger partial charge is 0.497 e. The van der Waals surface area contributed by atoms with Crippen LogP contribution >= 0.6 is 0 Å². The predicted molar refractivity (Wildman–Crippen MR) is 103 cm³/mol. The maximum Gasteiger partial charge on any atom is 0.269 e. The van der Waals surface area contributed by atoms with E-state index in [2.05, 4.69) is 15.6 Å². The molecule has 0 aliphatic heterocycles. The minimum Gasteiger partial charge on any atom is -0.497 e. The van der Waals surface area contributed by atoms with Crippen molar-refractivity contribution in [2.24, 2.45) is 0 Å². The van der Waals surface area contributed by atoms with Crippen molar-refractivity contribution < 1.29 is 13.9 Å². The number of anilines is 2. The number of rotatable bonds is 7. The molecule has 0 saturated carbocycles. The summed E-state index contributed by atoms with van der Waals surface area (Å²) in [5.41, 5.74) is 2.86. The molecule has 5 nitrogen and oxygen atoms in total. The van der Waals surface area contributed by atoms with Crippen molar-refractivity contribution in [3.8, 4) is 5.75 Å². The van der Waals surface area contributed by atoms with Crippen LogP contribution in [-0.4, -0.2) is 24.5 Å². The lowest BCUT2D eigenvalue weighted by Crippen LogP contribution is -2.26. The van der Waals surface area contributed by atoms with Gasteiger partial charge in [-0.15, -0.1) is 0 Å². The van der Waals surface area contributed by atoms with E-state index in [1.54, 1.807) is 37.6 Å². The van der Waals surface area contributed by atoms with Crippen LogP contribution in [-0.2, 0) is 6.42 Å². The summed E-state index contributed by atoms with van der Waals surface area (Å²) >= 11 is 0. The third-order valence-electron chi connectivity index (χ3n) is 3.98. The number of carbonyl (C=O) groups excluding carboxylic acids is 1. The molecule has 0 radical (unpaired) electrons. The van der Waals surface area contributed by atoms with Crippen molar-refractivity contribution in [2.75, 3.05) is 19.0 Å². The normalized spacial score (nSPS) is 10.3. The highest BCUT2D eigenvalue weighted by Gasteiger charge is 2.08. The second-order valence-corrected chi connectivity index (χ2v) is 5.92. The summed E-state index contributed by atoms with van der Waals surface area (Å²) in [5.74, 6) is 0.260. The van der Waals surface area contributed by atoms with Crippen molar-refractivity contribution in [3.05, 3.63) is 83.9 Å². The zero-order valence-electron chi connectivity index (χ0n) is 14.9. The van der Waals surface area contributed by atoms with Crippen LogP contribution in [0.25, 0.3) is 0 Å². The maximum atomic E-state index is 13.0. The van der Waals surface area contributed by atoms with E-state index in [1.165, 1.54) is 12.1 Å². The average Bonchev–Trinajstić information content (AvgIpc) is 2.70. The van der Waals surface area contributed by atoms with Gasteiger partial charge in [0.1, 0.15) is 17.3 Å². The summed E-state index contributed by atoms with van der Waals surface area (Å²) in [6, 6.07) is 17.1. The summed E-state index contributed by atoms with van der Waals surface area (Å²) in [6.07, 6.45) is 2.27. The van der Waals surface area contributed by atoms with E-state index in [4.69, 9.17) is 4.74 Å². The maximum absolute atomic E-state index is 13.0. The quantitative estimate of drug-likeness (QED) is 0.666. The third-order valence-corrected chi connectivity index (χ3v) is 3.98. The number of nitrogens with zero attached hydrogens (tertiary/aromatic N) is 1. The number of methoxy groups -OCH3 is 1. The van der Waals surface area contributed by atoms with Crippen LogP contribution in [0.5, 0.6) is 5.75 Å². The van der Waals surface area contributed by atoms with Gasteiger partial charge in [0, 0.05) is 24.1 Å². The molecule has 2 aromatic carbocycles. The zero-order valence-corrected chi connectivity index (χ0v) is 14.9. The molecule has 0 fully saturated rings. The SMILES string of the molecule is COc1ccc(CCNC(=O)c2cc(Nc3ccc(F)cc3)ccn2)cc1. The lowest BCUT2D eigenvalue weighted by molar-refractivity contribution is 0.0949. The van der Waals surface area contributed by atoms with E-state index in [-0.39, 0.29) is 11.7 Å². The summed E-state index contributed by atoms with van der Waals surface area (Å²) in [4.78, 5) is 16.4. The monoisotopic (exact) mass is 365 g/mol. The molecule has 0 atom stereocenters. The van der Waals surface area contributed by atoms with Gasteiger partial charge in [-0.1, -0.05) is 12.1 Å². The fourth-order valence-electron chi connectivity index (χ4n) is 2.54. The first kappa shape index (κ1) is 18.4. The Morgan fingerprint density at radius 3 is 2.48 bits per heavy atom. The number of ether oxygens (including phenoxy) is 1. The summed E-state index contributed by atoms with van der Waals surface area (Å²) in [5, 5.41) is 5.99. The lowest BCUT2D eigenvalue weighted by Gasteiger charge is -2.09. The first-order chi connectivity index (χ1) is 13.1. The van der Waals surface area contributed by atoms with Crippen molar-refractivity contribution in [1.82, 2.24) is 10.3 Å². The molecule has 1 aromatic heterocycles. The fourth-order valence-corrected chi connectivity index (χ4v) is 2.54. The molecule has 27 heavy (non-hydrogen) atoms. The second kappa shape index (κ2) is 8.80. The Hall–Kier alpha value is -3.41. The van der Waals surface area contributed by atoms with Gasteiger partial charge in [-0.2, -0.15) is 0 Å². The minimum atomic E-state index is -0.299. The Morgan fingerprint density at radius 1 is 1.04 bits per heavy atom. The van der Waals surface area contributed by atoms with Gasteiger partial charge in [0.15, 0.2) is 0 Å². The van der Waals surface area contributed by atoms with Crippen LogP contribution in [0.15, 0.2) is 66.9 Å². The van der Waals surface area contributed by atoms with Gasteiger partial charge in [0.05, 0.1) is 7.11 Å². The van der Waals surface area contributed by atoms with Gasteiger partial charge in [-0.25, -0.2) is 4.39 Å². The van der Waals surface area contributed by atoms with Gasteiger partial charge in [-0.05, 0) is 60.5 Å². The second-order valence-electron chi connectivity index (χ2n) is 5.92. The molecule has 0 aliphatic carbocycles. The van der Waals surface area contributed by atoms with Crippen LogP contribution in [0.3, 0.4) is 0 Å². The molecule has 138 valence electrons. The lowest BCUT2D eigenvalue weighted by atomic mass is 10.1. The molecular weight excluding hydrogens is 345 g/mol. The molecule has 0 spiro atoms. The highest BCUT2D eigenvalue weighted by molar-refractivity contribution is 5.93. The Labute approximate surface area is 157 Å². The first-order valence-electron chi connectivity index (χ1n) is 8.54. The highest BCUT2D eigenvalue weighted by atomic mass is 19.1. The van der Waals surface area contributed by atoms with E-state index in [1.807, 2.05) is 24.3 Å². The number of halogens is 1. The average molecular weight is 365 g/mol. The van der Waals surface area contributed by atoms with Gasteiger partial charge in [0.25, 0.3) is 5.91 Å². The molecule has 1 amide bonds. The first-order valence-corrected chi connectivity index (χ1v) is 8.54. The van der Waals surface area contributed by atoms with Crippen LogP contribution in [0, 0.1) is 5.82 Å². The van der Waals surface area contributed by atoms with E-state index < -0.39 is 0 Å². The third kappa shape index (κ3) is 5.28. The van der Waals surface area contributed by atoms with Crippen molar-refractivity contribution in [3.63, 3.8) is 0 Å². The molecule has 6 heteroatoms. The molecule has 0 bridgehead atoms. The zero-order chi connectivity index (χ0) is 19.1. The van der Waals surface area contributed by atoms with Gasteiger partial charge in [-0.3, -0.25) is 9.78 Å². The molecule has 0 aliphatic rings. The predicted octanol–water partition coefficient (Wildman–Crippen LogP) is 3.95. The molecule has 0 saturated heterocycles. The Bertz CT molecular complexity index is 896. The standard InChI is InChI=1S/C21H20FN3O2/c1-27-19-8-2-15(3-9-19)10-12-24-21(26)20-14-18(11-13-23-20)25-17-6-4-16(22)5-7-17/h2-9,11,13-14H,10,12H2,1H3,(H,23,25)(H,24,26). The smallest absolute Gasteiger partial charge is 0.269 e. The van der Waals surface area contributed by atoms with Crippen molar-refractivity contribution in [1.29, 1.82) is 0 Å². The van der Waals surface area contributed by atoms with Gasteiger partial charge in [0.2, 0.25) is 0 Å². The number of carbonyl (C=O) groups is 1. The topological polar surface area (TPSA) is 63.2 Å². The summed E-state index contributed by atoms with van der Waals surface area (Å²) in [7, 11) is 1.63. The number of pyridine rings is 1. The van der Waals surface area contributed by atoms with E-state index in [0.717, 1.165) is 17.0 Å². The molecular formula is C21H20FN3O2. The van der Waals surface area contributed by atoms with Crippen molar-refractivity contribution in [2.45, 2.75) is 6.42 Å². The van der Waals surface area contributed by atoms with Crippen molar-refractivity contribution >= 4 is 17.3 Å². The minimum absolute atomic E-state index is 0.244. The molecule has 0 unspecified atom stereocenters. The van der Waals surface area contributed by atoms with Crippen LogP contribution in [0.2, 0.25) is 0 Å². The van der Waals surface area contributed by atoms with Crippen LogP contribution < -0.4 is 15.4 Å². The molecule has 1 heterocycles. The highest BCUT2D eigenvalue weighted by Crippen LogP contribution is 2.17. The molecule has 3 rings (SSSR count). The number of benzene rings is 2. The van der Waals surface area contributed by atoms with E-state index in [9.17, 15) is 9.18 Å². The number of nitrogens with one attached hydrogen (secondary N) is 2. The number of hydrogen-bond donors (Lipinski definition) is 2. The van der Waals surface area contributed by atoms with Crippen LogP contribution in [0.1, 0.15) is 16.1 Å². The van der Waals surface area contributed by atoms with E-state index >= 15 is 0 Å². The number of amides is 1. The number of hydrogen-bond acceptors (Lipinski definition) is 4. The van der Waals surface area contributed by atoms with Gasteiger partial charge < -0.3 is 15.4 Å². The Balaban J connectivity index is 1.55. The summed E-state index contributed by atoms with van der Waals surface area (Å²) < 4.78 is 18.1. The fraction of sp³-hybridized carbons (Fsp3) is 0.143. The van der Waals surface area contributed by atoms with E-state index in [0.29, 0.717) is 24.3 Å². The number of aromatic nitrogens is 1. The summed E-state index contributed by atoms with van der Waals surface area (Å²) in [6.45, 7) is 0.502. The molecule has 3 aromatic rings. The van der Waals surface area contributed by atoms with Crippen LogP contribution in [0.4, 0.5) is 15.8 Å². The Kier molecular flexibility index (Phi) is 5.99. The molecule has 2 N–H and O–H groups in total. The van der Waals surface area contributed by atoms with Gasteiger partial charge >= 0.3 is 0 Å².